The van der Waals surface area contributed by atoms with Crippen LogP contribution in [0, 0.1) is 17.6 Å². The Hall–Kier alpha value is -3.26. The van der Waals surface area contributed by atoms with E-state index >= 15 is 0 Å². The molecule has 1 aliphatic rings. The van der Waals surface area contributed by atoms with Gasteiger partial charge in [0.2, 0.25) is 5.91 Å². The quantitative estimate of drug-likeness (QED) is 0.369. The number of fused-ring (bicyclic) bond motifs is 1. The molecular formula is C28H30F2N2O3S. The van der Waals surface area contributed by atoms with Crippen LogP contribution in [0.5, 0.6) is 5.75 Å². The first-order valence-electron chi connectivity index (χ1n) is 12.1. The zero-order valence-corrected chi connectivity index (χ0v) is 21.3. The number of benzene rings is 2. The van der Waals surface area contributed by atoms with Crippen molar-refractivity contribution in [3.8, 4) is 5.75 Å². The minimum absolute atomic E-state index is 0.0975. The van der Waals surface area contributed by atoms with Crippen molar-refractivity contribution in [1.82, 2.24) is 9.80 Å². The second-order valence-electron chi connectivity index (χ2n) is 9.31. The Bertz CT molecular complexity index is 1210. The van der Waals surface area contributed by atoms with Gasteiger partial charge in [0.05, 0.1) is 6.04 Å². The summed E-state index contributed by atoms with van der Waals surface area (Å²) in [7, 11) is 0. The van der Waals surface area contributed by atoms with Crippen molar-refractivity contribution in [2.24, 2.45) is 5.92 Å². The van der Waals surface area contributed by atoms with Gasteiger partial charge in [-0.3, -0.25) is 9.59 Å². The molecule has 1 aromatic heterocycles. The molecule has 8 heteroatoms. The van der Waals surface area contributed by atoms with Crippen molar-refractivity contribution in [3.05, 3.63) is 87.6 Å². The predicted molar refractivity (Wildman–Crippen MR) is 136 cm³/mol. The number of para-hydroxylation sites is 1. The summed E-state index contributed by atoms with van der Waals surface area (Å²) in [6.07, 6.45) is 1.42. The highest BCUT2D eigenvalue weighted by Gasteiger charge is 2.34. The normalized spacial score (nSPS) is 15.0. The van der Waals surface area contributed by atoms with E-state index in [9.17, 15) is 18.4 Å². The van der Waals surface area contributed by atoms with E-state index in [0.717, 1.165) is 5.56 Å². The van der Waals surface area contributed by atoms with Crippen LogP contribution >= 0.6 is 11.3 Å². The van der Waals surface area contributed by atoms with Crippen LogP contribution in [-0.4, -0.2) is 47.9 Å². The maximum atomic E-state index is 14.2. The van der Waals surface area contributed by atoms with Crippen LogP contribution in [-0.2, 0) is 11.2 Å². The molecule has 1 aliphatic heterocycles. The zero-order chi connectivity index (χ0) is 25.7. The molecule has 0 radical (unpaired) electrons. The van der Waals surface area contributed by atoms with Crippen molar-refractivity contribution >= 4 is 23.2 Å². The van der Waals surface area contributed by atoms with Crippen molar-refractivity contribution in [1.29, 1.82) is 0 Å². The van der Waals surface area contributed by atoms with E-state index in [1.54, 1.807) is 40.5 Å². The van der Waals surface area contributed by atoms with E-state index in [2.05, 4.69) is 0 Å². The lowest BCUT2D eigenvalue weighted by Gasteiger charge is -2.37. The van der Waals surface area contributed by atoms with Gasteiger partial charge in [0.25, 0.3) is 5.91 Å². The van der Waals surface area contributed by atoms with Crippen molar-refractivity contribution < 1.29 is 23.1 Å². The fourth-order valence-corrected chi connectivity index (χ4v) is 5.26. The summed E-state index contributed by atoms with van der Waals surface area (Å²) in [6.45, 7) is 4.92. The highest BCUT2D eigenvalue weighted by molar-refractivity contribution is 7.10. The minimum Gasteiger partial charge on any atom is -0.488 e. The fourth-order valence-electron chi connectivity index (χ4n) is 4.33. The lowest BCUT2D eigenvalue weighted by atomic mass is 10.00. The number of hydrogen-bond donors (Lipinski definition) is 0. The molecule has 1 atom stereocenters. The molecule has 0 N–H and O–H groups in total. The Morgan fingerprint density at radius 3 is 2.69 bits per heavy atom. The van der Waals surface area contributed by atoms with E-state index in [4.69, 9.17) is 4.74 Å². The summed E-state index contributed by atoms with van der Waals surface area (Å²) in [4.78, 5) is 31.2. The van der Waals surface area contributed by atoms with Gasteiger partial charge in [0, 0.05) is 23.5 Å². The van der Waals surface area contributed by atoms with Crippen LogP contribution in [0.4, 0.5) is 8.78 Å². The Balaban J connectivity index is 1.54. The highest BCUT2D eigenvalue weighted by Crippen LogP contribution is 2.34. The first-order valence-corrected chi connectivity index (χ1v) is 13.0. The first kappa shape index (κ1) is 25.8. The number of halogens is 2. The van der Waals surface area contributed by atoms with Crippen molar-refractivity contribution in [2.75, 3.05) is 26.2 Å². The van der Waals surface area contributed by atoms with E-state index in [0.29, 0.717) is 31.8 Å². The summed E-state index contributed by atoms with van der Waals surface area (Å²) in [5, 5.41) is 1.98. The van der Waals surface area contributed by atoms with Gasteiger partial charge in [-0.05, 0) is 66.1 Å². The largest absolute Gasteiger partial charge is 0.488 e. The number of hydrogen-bond acceptors (Lipinski definition) is 4. The topological polar surface area (TPSA) is 49.9 Å². The third-order valence-electron chi connectivity index (χ3n) is 6.31. The molecule has 0 fully saturated rings. The number of thiophene rings is 1. The number of rotatable bonds is 9. The molecular weight excluding hydrogens is 482 g/mol. The Labute approximate surface area is 214 Å². The lowest BCUT2D eigenvalue weighted by molar-refractivity contribution is -0.135. The van der Waals surface area contributed by atoms with Gasteiger partial charge < -0.3 is 14.5 Å². The van der Waals surface area contributed by atoms with Crippen LogP contribution in [0.25, 0.3) is 0 Å². The standard InChI is InChI=1S/C28H30F2N2O3S/c1-19(2)10-13-31(28(34)20-6-5-7-21(29)16-20)17-27(33)32-14-11-26-22(12-15-36-26)24(32)18-35-25-9-4-3-8-23(25)30/h3-9,12,15-16,19,24H,10-11,13-14,17-18H2,1-2H3/t24-/m0/s1. The second kappa shape index (κ2) is 11.6. The lowest BCUT2D eigenvalue weighted by Crippen LogP contribution is -2.48. The van der Waals surface area contributed by atoms with Gasteiger partial charge in [-0.1, -0.05) is 32.0 Å². The van der Waals surface area contributed by atoms with Crippen LogP contribution in [0.3, 0.4) is 0 Å². The highest BCUT2D eigenvalue weighted by atomic mass is 32.1. The molecule has 0 unspecified atom stereocenters. The second-order valence-corrected chi connectivity index (χ2v) is 10.3. The molecule has 0 bridgehead atoms. The Kier molecular flexibility index (Phi) is 8.36. The number of amides is 2. The molecule has 2 aromatic carbocycles. The van der Waals surface area contributed by atoms with Gasteiger partial charge in [-0.25, -0.2) is 8.78 Å². The van der Waals surface area contributed by atoms with Gasteiger partial charge in [-0.2, -0.15) is 0 Å². The van der Waals surface area contributed by atoms with Gasteiger partial charge in [0.15, 0.2) is 11.6 Å². The Morgan fingerprint density at radius 2 is 1.94 bits per heavy atom. The van der Waals surface area contributed by atoms with Gasteiger partial charge in [0.1, 0.15) is 19.0 Å². The number of carbonyl (C=O) groups excluding carboxylic acids is 2. The van der Waals surface area contributed by atoms with Gasteiger partial charge >= 0.3 is 0 Å². The van der Waals surface area contributed by atoms with Crippen LogP contribution in [0.2, 0.25) is 0 Å². The van der Waals surface area contributed by atoms with Crippen LogP contribution < -0.4 is 4.74 Å². The molecule has 0 spiro atoms. The minimum atomic E-state index is -0.498. The molecule has 0 saturated heterocycles. The summed E-state index contributed by atoms with van der Waals surface area (Å²) in [5.41, 5.74) is 1.20. The molecule has 36 heavy (non-hydrogen) atoms. The summed E-state index contributed by atoms with van der Waals surface area (Å²) in [6, 6.07) is 13.3. The first-order chi connectivity index (χ1) is 17.3. The number of nitrogens with zero attached hydrogens (tertiary/aromatic N) is 2. The molecule has 4 rings (SSSR count). The Morgan fingerprint density at radius 1 is 1.14 bits per heavy atom. The van der Waals surface area contributed by atoms with Gasteiger partial charge in [-0.15, -0.1) is 11.3 Å². The van der Waals surface area contributed by atoms with Crippen molar-refractivity contribution in [3.63, 3.8) is 0 Å². The van der Waals surface area contributed by atoms with E-state index in [1.807, 2.05) is 25.3 Å². The van der Waals surface area contributed by atoms with E-state index in [1.165, 1.54) is 34.0 Å². The molecule has 0 saturated carbocycles. The fraction of sp³-hybridized carbons (Fsp3) is 0.357. The third-order valence-corrected chi connectivity index (χ3v) is 7.31. The molecule has 3 aromatic rings. The monoisotopic (exact) mass is 512 g/mol. The van der Waals surface area contributed by atoms with Crippen LogP contribution in [0.1, 0.15) is 47.1 Å². The molecule has 2 heterocycles. The molecule has 190 valence electrons. The van der Waals surface area contributed by atoms with Crippen LogP contribution in [0.15, 0.2) is 60.0 Å². The summed E-state index contributed by atoms with van der Waals surface area (Å²) < 4.78 is 33.8. The molecule has 5 nitrogen and oxygen atoms in total. The zero-order valence-electron chi connectivity index (χ0n) is 20.5. The average molecular weight is 513 g/mol. The number of carbonyl (C=O) groups is 2. The van der Waals surface area contributed by atoms with E-state index < -0.39 is 17.7 Å². The van der Waals surface area contributed by atoms with Crippen molar-refractivity contribution in [2.45, 2.75) is 32.7 Å². The SMILES string of the molecule is CC(C)CCN(CC(=O)N1CCc2sccc2[C@@H]1COc1ccccc1F)C(=O)c1cccc(F)c1. The smallest absolute Gasteiger partial charge is 0.254 e. The van der Waals surface area contributed by atoms with E-state index in [-0.39, 0.29) is 36.3 Å². The number of ether oxygens (including phenoxy) is 1. The molecule has 0 aliphatic carbocycles. The summed E-state index contributed by atoms with van der Waals surface area (Å²) >= 11 is 1.63. The third kappa shape index (κ3) is 6.10. The maximum Gasteiger partial charge on any atom is 0.254 e. The summed E-state index contributed by atoms with van der Waals surface area (Å²) in [5.74, 6) is -1.10. The molecule has 2 amide bonds. The maximum absolute atomic E-state index is 14.2. The average Bonchev–Trinajstić information content (AvgIpc) is 3.34. The predicted octanol–water partition coefficient (Wildman–Crippen LogP) is 5.72.